The van der Waals surface area contributed by atoms with E-state index in [4.69, 9.17) is 10.6 Å². The fraction of sp³-hybridized carbons (Fsp3) is 0.636. The van der Waals surface area contributed by atoms with Crippen molar-refractivity contribution in [3.63, 3.8) is 0 Å². The average molecular weight is 239 g/mol. The van der Waals surface area contributed by atoms with E-state index in [9.17, 15) is 0 Å². The van der Waals surface area contributed by atoms with Gasteiger partial charge in [-0.05, 0) is 20.3 Å². The van der Waals surface area contributed by atoms with E-state index < -0.39 is 0 Å². The molecule has 1 aromatic rings. The summed E-state index contributed by atoms with van der Waals surface area (Å²) >= 11 is 0. The maximum absolute atomic E-state index is 5.40. The lowest BCUT2D eigenvalue weighted by Crippen LogP contribution is -2.41. The van der Waals surface area contributed by atoms with Crippen molar-refractivity contribution >= 4 is 11.6 Å². The molecule has 0 saturated heterocycles. The van der Waals surface area contributed by atoms with Crippen LogP contribution in [0, 0.1) is 0 Å². The molecule has 6 nitrogen and oxygen atoms in total. The molecule has 0 atom stereocenters. The first-order chi connectivity index (χ1) is 7.97. The first-order valence-electron chi connectivity index (χ1n) is 5.57. The van der Waals surface area contributed by atoms with Crippen molar-refractivity contribution in [1.82, 2.24) is 9.97 Å². The molecule has 0 fully saturated rings. The summed E-state index contributed by atoms with van der Waals surface area (Å²) in [5.41, 5.74) is 2.49. The number of methoxy groups -OCH3 is 1. The van der Waals surface area contributed by atoms with E-state index in [-0.39, 0.29) is 5.54 Å². The van der Waals surface area contributed by atoms with Gasteiger partial charge in [-0.15, -0.1) is 0 Å². The van der Waals surface area contributed by atoms with Gasteiger partial charge in [0, 0.05) is 12.6 Å². The number of nitrogens with zero attached hydrogens (tertiary/aromatic N) is 3. The van der Waals surface area contributed by atoms with E-state index in [0.717, 1.165) is 12.2 Å². The van der Waals surface area contributed by atoms with Crippen molar-refractivity contribution < 1.29 is 4.74 Å². The summed E-state index contributed by atoms with van der Waals surface area (Å²) < 4.78 is 5.32. The van der Waals surface area contributed by atoms with Gasteiger partial charge >= 0.3 is 0 Å². The molecule has 0 saturated carbocycles. The minimum Gasteiger partial charge on any atom is -0.490 e. The van der Waals surface area contributed by atoms with Gasteiger partial charge in [-0.1, -0.05) is 6.92 Å². The lowest BCUT2D eigenvalue weighted by atomic mass is 10.00. The van der Waals surface area contributed by atoms with Gasteiger partial charge in [0.15, 0.2) is 11.6 Å². The van der Waals surface area contributed by atoms with Crippen LogP contribution in [0.15, 0.2) is 6.33 Å². The summed E-state index contributed by atoms with van der Waals surface area (Å²) in [5.74, 6) is 7.16. The van der Waals surface area contributed by atoms with Crippen LogP contribution < -0.4 is 20.9 Å². The summed E-state index contributed by atoms with van der Waals surface area (Å²) in [6.45, 7) is 6.42. The Morgan fingerprint density at radius 1 is 1.47 bits per heavy atom. The number of hydrazine groups is 1. The third-order valence-corrected chi connectivity index (χ3v) is 3.22. The standard InChI is InChI=1S/C11H21N5O/c1-6-11(2,3)16(4)10-8(17-5)9(15-12)13-7-14-10/h7H,6,12H2,1-5H3,(H,13,14,15). The molecular weight excluding hydrogens is 218 g/mol. The van der Waals surface area contributed by atoms with Crippen molar-refractivity contribution in [2.45, 2.75) is 32.7 Å². The average Bonchev–Trinajstić information content (AvgIpc) is 2.36. The number of hydrogen-bond acceptors (Lipinski definition) is 6. The molecular formula is C11H21N5O. The molecule has 0 spiro atoms. The molecule has 3 N–H and O–H groups in total. The zero-order valence-corrected chi connectivity index (χ0v) is 11.1. The molecule has 0 unspecified atom stereocenters. The van der Waals surface area contributed by atoms with Crippen LogP contribution in [-0.4, -0.2) is 29.7 Å². The van der Waals surface area contributed by atoms with Crippen molar-refractivity contribution in [1.29, 1.82) is 0 Å². The monoisotopic (exact) mass is 239 g/mol. The Kier molecular flexibility index (Phi) is 4.11. The second kappa shape index (κ2) is 5.18. The number of anilines is 2. The Bertz CT molecular complexity index is 380. The number of nitrogens with one attached hydrogen (secondary N) is 1. The number of nitrogen functional groups attached to an aromatic ring is 1. The fourth-order valence-corrected chi connectivity index (χ4v) is 1.42. The van der Waals surface area contributed by atoms with Crippen molar-refractivity contribution in [2.75, 3.05) is 24.5 Å². The SMILES string of the molecule is CCC(C)(C)N(C)c1ncnc(NN)c1OC. The molecule has 0 aliphatic rings. The van der Waals surface area contributed by atoms with Crippen LogP contribution in [0.25, 0.3) is 0 Å². The normalized spacial score (nSPS) is 11.2. The molecule has 96 valence electrons. The summed E-state index contributed by atoms with van der Waals surface area (Å²) in [4.78, 5) is 10.4. The Morgan fingerprint density at radius 3 is 2.59 bits per heavy atom. The van der Waals surface area contributed by atoms with Crippen LogP contribution >= 0.6 is 0 Å². The van der Waals surface area contributed by atoms with E-state index >= 15 is 0 Å². The van der Waals surface area contributed by atoms with Crippen LogP contribution in [-0.2, 0) is 0 Å². The molecule has 17 heavy (non-hydrogen) atoms. The summed E-state index contributed by atoms with van der Waals surface area (Å²) in [6.07, 6.45) is 2.46. The van der Waals surface area contributed by atoms with Crippen LogP contribution in [0.2, 0.25) is 0 Å². The molecule has 0 radical (unpaired) electrons. The Balaban J connectivity index is 3.22. The molecule has 1 aromatic heterocycles. The van der Waals surface area contributed by atoms with Gasteiger partial charge in [-0.2, -0.15) is 0 Å². The zero-order chi connectivity index (χ0) is 13.1. The van der Waals surface area contributed by atoms with Crippen LogP contribution in [0.5, 0.6) is 5.75 Å². The number of ether oxygens (including phenoxy) is 1. The summed E-state index contributed by atoms with van der Waals surface area (Å²) in [5, 5.41) is 0. The van der Waals surface area contributed by atoms with Gasteiger partial charge in [0.05, 0.1) is 7.11 Å². The Hall–Kier alpha value is -1.56. The molecule has 6 heteroatoms. The number of aromatic nitrogens is 2. The van der Waals surface area contributed by atoms with E-state index in [1.165, 1.54) is 6.33 Å². The zero-order valence-electron chi connectivity index (χ0n) is 11.1. The van der Waals surface area contributed by atoms with Crippen molar-refractivity contribution in [2.24, 2.45) is 5.84 Å². The smallest absolute Gasteiger partial charge is 0.205 e. The third kappa shape index (κ3) is 2.58. The van der Waals surface area contributed by atoms with Gasteiger partial charge in [0.25, 0.3) is 0 Å². The van der Waals surface area contributed by atoms with E-state index in [1.807, 2.05) is 7.05 Å². The highest BCUT2D eigenvalue weighted by Crippen LogP contribution is 2.34. The third-order valence-electron chi connectivity index (χ3n) is 3.22. The number of hydrogen-bond donors (Lipinski definition) is 2. The van der Waals surface area contributed by atoms with Crippen molar-refractivity contribution in [3.05, 3.63) is 6.33 Å². The molecule has 1 rings (SSSR count). The van der Waals surface area contributed by atoms with Gasteiger partial charge in [0.2, 0.25) is 5.75 Å². The van der Waals surface area contributed by atoms with Crippen molar-refractivity contribution in [3.8, 4) is 5.75 Å². The van der Waals surface area contributed by atoms with Crippen LogP contribution in [0.1, 0.15) is 27.2 Å². The van der Waals surface area contributed by atoms with E-state index in [0.29, 0.717) is 11.6 Å². The highest BCUT2D eigenvalue weighted by Gasteiger charge is 2.26. The first-order valence-corrected chi connectivity index (χ1v) is 5.57. The summed E-state index contributed by atoms with van der Waals surface area (Å²) in [6, 6.07) is 0. The predicted octanol–water partition coefficient (Wildman–Crippen LogP) is 1.40. The second-order valence-corrected chi connectivity index (χ2v) is 4.45. The molecule has 0 aliphatic heterocycles. The molecule has 0 aliphatic carbocycles. The van der Waals surface area contributed by atoms with E-state index in [2.05, 4.69) is 41.1 Å². The minimum atomic E-state index is -0.0203. The molecule has 1 heterocycles. The second-order valence-electron chi connectivity index (χ2n) is 4.45. The lowest BCUT2D eigenvalue weighted by molar-refractivity contribution is 0.402. The number of nitrogens with two attached hydrogens (primary N) is 1. The van der Waals surface area contributed by atoms with Crippen LogP contribution in [0.4, 0.5) is 11.6 Å². The maximum atomic E-state index is 5.40. The summed E-state index contributed by atoms with van der Waals surface area (Å²) in [7, 11) is 3.56. The quantitative estimate of drug-likeness (QED) is 0.597. The predicted molar refractivity (Wildman–Crippen MR) is 69.2 cm³/mol. The van der Waals surface area contributed by atoms with Crippen LogP contribution in [0.3, 0.4) is 0 Å². The highest BCUT2D eigenvalue weighted by molar-refractivity contribution is 5.64. The molecule has 0 bridgehead atoms. The Labute approximate surface area is 102 Å². The highest BCUT2D eigenvalue weighted by atomic mass is 16.5. The Morgan fingerprint density at radius 2 is 2.12 bits per heavy atom. The van der Waals surface area contributed by atoms with E-state index in [1.54, 1.807) is 7.11 Å². The largest absolute Gasteiger partial charge is 0.490 e. The fourth-order valence-electron chi connectivity index (χ4n) is 1.42. The molecule has 0 aromatic carbocycles. The maximum Gasteiger partial charge on any atom is 0.205 e. The molecule has 0 amide bonds. The first kappa shape index (κ1) is 13.5. The van der Waals surface area contributed by atoms with Gasteiger partial charge in [-0.25, -0.2) is 15.8 Å². The number of rotatable bonds is 5. The van der Waals surface area contributed by atoms with Gasteiger partial charge in [-0.3, -0.25) is 0 Å². The lowest BCUT2D eigenvalue weighted by Gasteiger charge is -2.36. The topological polar surface area (TPSA) is 76.3 Å². The van der Waals surface area contributed by atoms with Gasteiger partial charge < -0.3 is 15.1 Å². The van der Waals surface area contributed by atoms with Gasteiger partial charge in [0.1, 0.15) is 6.33 Å². The minimum absolute atomic E-state index is 0.0203.